The molecular formula is C18H20N4O3. The lowest BCUT2D eigenvalue weighted by atomic mass is 10.0. The number of amides is 1. The molecule has 1 atom stereocenters. The van der Waals surface area contributed by atoms with Gasteiger partial charge in [0, 0.05) is 31.0 Å². The molecule has 1 aromatic heterocycles. The molecule has 0 saturated carbocycles. The minimum absolute atomic E-state index is 0.163. The van der Waals surface area contributed by atoms with Gasteiger partial charge < -0.3 is 14.9 Å². The summed E-state index contributed by atoms with van der Waals surface area (Å²) in [5.74, 6) is -0.797. The van der Waals surface area contributed by atoms with E-state index in [1.54, 1.807) is 29.4 Å². The van der Waals surface area contributed by atoms with Crippen molar-refractivity contribution >= 4 is 17.8 Å². The highest BCUT2D eigenvalue weighted by atomic mass is 16.4. The molecule has 25 heavy (non-hydrogen) atoms. The first-order valence-electron chi connectivity index (χ1n) is 8.11. The van der Waals surface area contributed by atoms with Gasteiger partial charge in [0.25, 0.3) is 5.91 Å². The number of aliphatic carboxylic acids is 1. The Morgan fingerprint density at radius 1 is 1.12 bits per heavy atom. The Bertz CT molecular complexity index is 794. The van der Waals surface area contributed by atoms with Crippen LogP contribution in [0.25, 0.3) is 0 Å². The number of carboxylic acid groups (broad SMARTS) is 1. The number of benzene rings is 1. The molecule has 0 unspecified atom stereocenters. The van der Waals surface area contributed by atoms with Crippen LogP contribution in [-0.2, 0) is 4.79 Å². The Labute approximate surface area is 145 Å². The third-order valence-electron chi connectivity index (χ3n) is 4.60. The number of carbonyl (C=O) groups excluding carboxylic acids is 1. The van der Waals surface area contributed by atoms with Gasteiger partial charge in [0.2, 0.25) is 5.95 Å². The van der Waals surface area contributed by atoms with Gasteiger partial charge in [-0.15, -0.1) is 0 Å². The van der Waals surface area contributed by atoms with Crippen molar-refractivity contribution in [2.45, 2.75) is 19.9 Å². The molecule has 1 N–H and O–H groups in total. The monoisotopic (exact) mass is 340 g/mol. The molecule has 1 saturated heterocycles. The van der Waals surface area contributed by atoms with Crippen LogP contribution in [0.2, 0.25) is 0 Å². The van der Waals surface area contributed by atoms with Crippen molar-refractivity contribution in [2.24, 2.45) is 0 Å². The highest BCUT2D eigenvalue weighted by molar-refractivity contribution is 5.98. The average Bonchev–Trinajstić information content (AvgIpc) is 2.63. The lowest BCUT2D eigenvalue weighted by molar-refractivity contribution is -0.142. The van der Waals surface area contributed by atoms with E-state index < -0.39 is 12.0 Å². The van der Waals surface area contributed by atoms with Gasteiger partial charge in [-0.3, -0.25) is 4.79 Å². The maximum atomic E-state index is 12.9. The summed E-state index contributed by atoms with van der Waals surface area (Å²) in [5.41, 5.74) is 2.44. The third-order valence-corrected chi connectivity index (χ3v) is 4.60. The Morgan fingerprint density at radius 2 is 1.84 bits per heavy atom. The molecular weight excluding hydrogens is 320 g/mol. The normalized spacial score (nSPS) is 17.4. The van der Waals surface area contributed by atoms with Crippen LogP contribution >= 0.6 is 0 Å². The molecule has 1 fully saturated rings. The minimum Gasteiger partial charge on any atom is -0.480 e. The van der Waals surface area contributed by atoms with Crippen molar-refractivity contribution in [2.75, 3.05) is 24.5 Å². The Balaban J connectivity index is 1.86. The third kappa shape index (κ3) is 3.31. The molecule has 0 bridgehead atoms. The van der Waals surface area contributed by atoms with Gasteiger partial charge in [-0.2, -0.15) is 0 Å². The molecule has 0 spiro atoms. The molecule has 7 nitrogen and oxygen atoms in total. The molecule has 0 radical (unpaired) electrons. The SMILES string of the molecule is Cc1cccc(C(=O)N2CCN(c3ncccn3)C[C@@H]2C(=O)O)c1C. The second-order valence-electron chi connectivity index (χ2n) is 6.09. The summed E-state index contributed by atoms with van der Waals surface area (Å²) in [6.45, 7) is 4.78. The predicted molar refractivity (Wildman–Crippen MR) is 92.6 cm³/mol. The quantitative estimate of drug-likeness (QED) is 0.911. The van der Waals surface area contributed by atoms with E-state index in [9.17, 15) is 14.7 Å². The number of nitrogens with zero attached hydrogens (tertiary/aromatic N) is 4. The van der Waals surface area contributed by atoms with Crippen molar-refractivity contribution in [1.29, 1.82) is 0 Å². The van der Waals surface area contributed by atoms with E-state index in [4.69, 9.17) is 0 Å². The number of aryl methyl sites for hydroxylation is 1. The standard InChI is InChI=1S/C18H20N4O3/c1-12-5-3-6-14(13(12)2)16(23)22-10-9-21(11-15(22)17(24)25)18-19-7-4-8-20-18/h3-8,15H,9-11H2,1-2H3,(H,24,25)/t15-/m1/s1. The number of anilines is 1. The highest BCUT2D eigenvalue weighted by Gasteiger charge is 2.36. The van der Waals surface area contributed by atoms with Crippen molar-refractivity contribution in [1.82, 2.24) is 14.9 Å². The fourth-order valence-electron chi connectivity index (χ4n) is 3.01. The van der Waals surface area contributed by atoms with Gasteiger partial charge >= 0.3 is 5.97 Å². The first-order chi connectivity index (χ1) is 12.0. The predicted octanol–water partition coefficient (Wildman–Crippen LogP) is 1.51. The number of carbonyl (C=O) groups is 2. The van der Waals surface area contributed by atoms with Gasteiger partial charge in [-0.1, -0.05) is 12.1 Å². The van der Waals surface area contributed by atoms with Gasteiger partial charge in [0.1, 0.15) is 6.04 Å². The van der Waals surface area contributed by atoms with Crippen LogP contribution in [0.15, 0.2) is 36.7 Å². The van der Waals surface area contributed by atoms with Crippen molar-refractivity contribution in [3.8, 4) is 0 Å². The summed E-state index contributed by atoms with van der Waals surface area (Å²) < 4.78 is 0. The summed E-state index contributed by atoms with van der Waals surface area (Å²) in [5, 5.41) is 9.63. The van der Waals surface area contributed by atoms with Crippen LogP contribution in [0.5, 0.6) is 0 Å². The molecule has 1 aliphatic rings. The molecule has 7 heteroatoms. The van der Waals surface area contributed by atoms with Crippen LogP contribution in [0.3, 0.4) is 0 Å². The maximum absolute atomic E-state index is 12.9. The first-order valence-corrected chi connectivity index (χ1v) is 8.11. The van der Waals surface area contributed by atoms with E-state index >= 15 is 0 Å². The fraction of sp³-hybridized carbons (Fsp3) is 0.333. The number of piperazine rings is 1. The Morgan fingerprint density at radius 3 is 2.52 bits per heavy atom. The molecule has 1 aliphatic heterocycles. The lowest BCUT2D eigenvalue weighted by Crippen LogP contribution is -2.58. The smallest absolute Gasteiger partial charge is 0.328 e. The number of carboxylic acids is 1. The van der Waals surface area contributed by atoms with E-state index in [0.717, 1.165) is 11.1 Å². The van der Waals surface area contributed by atoms with Crippen molar-refractivity contribution in [3.63, 3.8) is 0 Å². The van der Waals surface area contributed by atoms with Crippen LogP contribution in [0.4, 0.5) is 5.95 Å². The van der Waals surface area contributed by atoms with Gasteiger partial charge in [-0.25, -0.2) is 14.8 Å². The topological polar surface area (TPSA) is 86.6 Å². The number of hydrogen-bond donors (Lipinski definition) is 1. The van der Waals surface area contributed by atoms with E-state index in [1.807, 2.05) is 26.0 Å². The Hall–Kier alpha value is -2.96. The second kappa shape index (κ2) is 6.88. The summed E-state index contributed by atoms with van der Waals surface area (Å²) in [6.07, 6.45) is 3.23. The van der Waals surface area contributed by atoms with E-state index in [1.165, 1.54) is 4.90 Å². The minimum atomic E-state index is -1.03. The maximum Gasteiger partial charge on any atom is 0.328 e. The zero-order chi connectivity index (χ0) is 18.0. The van der Waals surface area contributed by atoms with Crippen LogP contribution in [0, 0.1) is 13.8 Å². The van der Waals surface area contributed by atoms with E-state index in [0.29, 0.717) is 24.6 Å². The summed E-state index contributed by atoms with van der Waals surface area (Å²) >= 11 is 0. The molecule has 1 aromatic carbocycles. The summed E-state index contributed by atoms with van der Waals surface area (Å²) in [6, 6.07) is 6.27. The van der Waals surface area contributed by atoms with Crippen molar-refractivity contribution in [3.05, 3.63) is 53.3 Å². The summed E-state index contributed by atoms with van der Waals surface area (Å²) in [7, 11) is 0. The van der Waals surface area contributed by atoms with Crippen LogP contribution in [0.1, 0.15) is 21.5 Å². The number of hydrogen-bond acceptors (Lipinski definition) is 5. The molecule has 130 valence electrons. The highest BCUT2D eigenvalue weighted by Crippen LogP contribution is 2.20. The molecule has 0 aliphatic carbocycles. The largest absolute Gasteiger partial charge is 0.480 e. The molecule has 3 rings (SSSR count). The van der Waals surface area contributed by atoms with Gasteiger partial charge in [-0.05, 0) is 37.1 Å². The molecule has 2 aromatic rings. The zero-order valence-electron chi connectivity index (χ0n) is 14.2. The number of aromatic nitrogens is 2. The number of rotatable bonds is 3. The second-order valence-corrected chi connectivity index (χ2v) is 6.09. The van der Waals surface area contributed by atoms with Gasteiger partial charge in [0.05, 0.1) is 6.54 Å². The average molecular weight is 340 g/mol. The van der Waals surface area contributed by atoms with Crippen molar-refractivity contribution < 1.29 is 14.7 Å². The Kier molecular flexibility index (Phi) is 4.65. The fourth-order valence-corrected chi connectivity index (χ4v) is 3.01. The van der Waals surface area contributed by atoms with Crippen LogP contribution < -0.4 is 4.90 Å². The first kappa shape index (κ1) is 16.9. The lowest BCUT2D eigenvalue weighted by Gasteiger charge is -2.39. The van der Waals surface area contributed by atoms with E-state index in [-0.39, 0.29) is 12.5 Å². The summed E-state index contributed by atoms with van der Waals surface area (Å²) in [4.78, 5) is 36.3. The molecule has 1 amide bonds. The molecule has 2 heterocycles. The van der Waals surface area contributed by atoms with Gasteiger partial charge in [0.15, 0.2) is 0 Å². The van der Waals surface area contributed by atoms with Crippen LogP contribution in [-0.4, -0.2) is 57.5 Å². The van der Waals surface area contributed by atoms with E-state index in [2.05, 4.69) is 9.97 Å². The zero-order valence-corrected chi connectivity index (χ0v) is 14.2.